The van der Waals surface area contributed by atoms with Crippen LogP contribution in [0, 0.1) is 0 Å². The predicted molar refractivity (Wildman–Crippen MR) is 127 cm³/mol. The van der Waals surface area contributed by atoms with Gasteiger partial charge in [-0.2, -0.15) is 0 Å². The first kappa shape index (κ1) is 22.8. The Morgan fingerprint density at radius 1 is 1.00 bits per heavy atom. The third kappa shape index (κ3) is 6.34. The third-order valence-corrected chi connectivity index (χ3v) is 6.96. The van der Waals surface area contributed by atoms with E-state index < -0.39 is 0 Å². The Morgan fingerprint density at radius 2 is 1.75 bits per heavy atom. The molecule has 2 aliphatic heterocycles. The lowest BCUT2D eigenvalue weighted by Crippen LogP contribution is -2.47. The van der Waals surface area contributed by atoms with Crippen LogP contribution in [0.5, 0.6) is 0 Å². The van der Waals surface area contributed by atoms with Gasteiger partial charge in [-0.3, -0.25) is 14.5 Å². The minimum atomic E-state index is -0.120. The van der Waals surface area contributed by atoms with Crippen molar-refractivity contribution in [3.63, 3.8) is 0 Å². The van der Waals surface area contributed by atoms with E-state index in [9.17, 15) is 9.59 Å². The minimum Gasteiger partial charge on any atom is -0.374 e. The highest BCUT2D eigenvalue weighted by atomic mass is 32.2. The molecule has 2 aromatic rings. The molecular weight excluding hydrogens is 422 g/mol. The maximum absolute atomic E-state index is 12.9. The molecule has 4 rings (SSSR count). The summed E-state index contributed by atoms with van der Waals surface area (Å²) in [5, 5.41) is 3.04. The van der Waals surface area contributed by atoms with Gasteiger partial charge in [-0.05, 0) is 30.5 Å². The van der Waals surface area contributed by atoms with Crippen LogP contribution in [0.25, 0.3) is 0 Å². The van der Waals surface area contributed by atoms with E-state index >= 15 is 0 Å². The van der Waals surface area contributed by atoms with Gasteiger partial charge in [0.15, 0.2) is 0 Å². The number of rotatable bonds is 8. The molecule has 2 aliphatic rings. The van der Waals surface area contributed by atoms with Crippen LogP contribution < -0.4 is 5.32 Å². The standard InChI is InChI=1S/C25H31N3O3S/c29-24(28-12-6-7-13-28)19-32-23-11-5-4-10-22(23)25(30)26-16-21-18-27(14-15-31-21)17-20-8-2-1-3-9-20/h1-5,8-11,21H,6-7,12-19H2,(H,26,30). The second kappa shape index (κ2) is 11.5. The number of thioether (sulfide) groups is 1. The molecule has 6 nitrogen and oxygen atoms in total. The molecule has 32 heavy (non-hydrogen) atoms. The Kier molecular flexibility index (Phi) is 8.20. The topological polar surface area (TPSA) is 61.9 Å². The maximum atomic E-state index is 12.9. The largest absolute Gasteiger partial charge is 0.374 e. The van der Waals surface area contributed by atoms with E-state index in [2.05, 4.69) is 34.5 Å². The van der Waals surface area contributed by atoms with Gasteiger partial charge in [0.1, 0.15) is 0 Å². The van der Waals surface area contributed by atoms with Gasteiger partial charge in [-0.15, -0.1) is 11.8 Å². The molecule has 0 saturated carbocycles. The highest BCUT2D eigenvalue weighted by molar-refractivity contribution is 8.00. The molecule has 0 radical (unpaired) electrons. The van der Waals surface area contributed by atoms with Crippen molar-refractivity contribution in [1.29, 1.82) is 0 Å². The third-order valence-electron chi connectivity index (χ3n) is 5.90. The zero-order valence-corrected chi connectivity index (χ0v) is 19.2. The minimum absolute atomic E-state index is 0.0343. The number of benzene rings is 2. The van der Waals surface area contributed by atoms with E-state index in [0.717, 1.165) is 50.5 Å². The first-order valence-corrected chi connectivity index (χ1v) is 12.3. The average Bonchev–Trinajstić information content (AvgIpc) is 3.37. The normalized spacial score (nSPS) is 19.1. The molecule has 7 heteroatoms. The Balaban J connectivity index is 1.27. The Morgan fingerprint density at radius 3 is 2.56 bits per heavy atom. The van der Waals surface area contributed by atoms with Crippen LogP contribution in [0.1, 0.15) is 28.8 Å². The molecule has 170 valence electrons. The van der Waals surface area contributed by atoms with Gasteiger partial charge >= 0.3 is 0 Å². The molecule has 1 atom stereocenters. The lowest BCUT2D eigenvalue weighted by molar-refractivity contribution is -0.127. The van der Waals surface area contributed by atoms with Gasteiger partial charge in [0.05, 0.1) is 24.0 Å². The Hall–Kier alpha value is -2.35. The van der Waals surface area contributed by atoms with Crippen molar-refractivity contribution < 1.29 is 14.3 Å². The summed E-state index contributed by atoms with van der Waals surface area (Å²) in [7, 11) is 0. The van der Waals surface area contributed by atoms with Gasteiger partial charge < -0.3 is 15.0 Å². The molecule has 2 amide bonds. The second-order valence-electron chi connectivity index (χ2n) is 8.30. The number of hydrogen-bond donors (Lipinski definition) is 1. The first-order valence-electron chi connectivity index (χ1n) is 11.3. The molecule has 0 aliphatic carbocycles. The second-order valence-corrected chi connectivity index (χ2v) is 9.31. The maximum Gasteiger partial charge on any atom is 0.252 e. The van der Waals surface area contributed by atoms with Crippen LogP contribution in [0.4, 0.5) is 0 Å². The van der Waals surface area contributed by atoms with E-state index in [-0.39, 0.29) is 17.9 Å². The zero-order chi connectivity index (χ0) is 22.2. The summed E-state index contributed by atoms with van der Waals surface area (Å²) in [6.45, 7) is 5.40. The summed E-state index contributed by atoms with van der Waals surface area (Å²) >= 11 is 1.44. The smallest absolute Gasteiger partial charge is 0.252 e. The molecular formula is C25H31N3O3S. The average molecular weight is 454 g/mol. The number of morpholine rings is 1. The van der Waals surface area contributed by atoms with E-state index in [1.54, 1.807) is 0 Å². The summed E-state index contributed by atoms with van der Waals surface area (Å²) in [6, 6.07) is 17.9. The van der Waals surface area contributed by atoms with Crippen molar-refractivity contribution in [3.8, 4) is 0 Å². The Bertz CT molecular complexity index is 902. The molecule has 2 heterocycles. The molecule has 1 unspecified atom stereocenters. The first-order chi connectivity index (χ1) is 15.7. The fourth-order valence-electron chi connectivity index (χ4n) is 4.17. The van der Waals surface area contributed by atoms with E-state index in [0.29, 0.717) is 24.5 Å². The van der Waals surface area contributed by atoms with Gasteiger partial charge in [-0.25, -0.2) is 0 Å². The van der Waals surface area contributed by atoms with Crippen molar-refractivity contribution in [2.45, 2.75) is 30.4 Å². The van der Waals surface area contributed by atoms with Crippen LogP contribution in [0.15, 0.2) is 59.5 Å². The quantitative estimate of drug-likeness (QED) is 0.623. The van der Waals surface area contributed by atoms with Gasteiger partial charge in [0.2, 0.25) is 5.91 Å². The number of nitrogens with one attached hydrogen (secondary N) is 1. The van der Waals surface area contributed by atoms with Crippen LogP contribution >= 0.6 is 11.8 Å². The van der Waals surface area contributed by atoms with Gasteiger partial charge in [-0.1, -0.05) is 42.5 Å². The van der Waals surface area contributed by atoms with Crippen LogP contribution in [0.2, 0.25) is 0 Å². The van der Waals surface area contributed by atoms with Crippen molar-refractivity contribution in [2.75, 3.05) is 45.1 Å². The van der Waals surface area contributed by atoms with Crippen molar-refractivity contribution in [3.05, 3.63) is 65.7 Å². The summed E-state index contributed by atoms with van der Waals surface area (Å²) < 4.78 is 5.89. The number of likely N-dealkylation sites (tertiary alicyclic amines) is 1. The van der Waals surface area contributed by atoms with E-state index in [4.69, 9.17) is 4.74 Å². The van der Waals surface area contributed by atoms with Crippen molar-refractivity contribution in [1.82, 2.24) is 15.1 Å². The van der Waals surface area contributed by atoms with Gasteiger partial charge in [0.25, 0.3) is 5.91 Å². The summed E-state index contributed by atoms with van der Waals surface area (Å²) in [4.78, 5) is 30.4. The fraction of sp³-hybridized carbons (Fsp3) is 0.440. The lowest BCUT2D eigenvalue weighted by atomic mass is 10.2. The molecule has 1 N–H and O–H groups in total. The van der Waals surface area contributed by atoms with E-state index in [1.165, 1.54) is 17.3 Å². The number of hydrogen-bond acceptors (Lipinski definition) is 5. The van der Waals surface area contributed by atoms with Crippen LogP contribution in [0.3, 0.4) is 0 Å². The molecule has 2 fully saturated rings. The van der Waals surface area contributed by atoms with Gasteiger partial charge in [0, 0.05) is 44.2 Å². The molecule has 0 spiro atoms. The monoisotopic (exact) mass is 453 g/mol. The number of ether oxygens (including phenoxy) is 1. The summed E-state index contributed by atoms with van der Waals surface area (Å²) in [6.07, 6.45) is 2.14. The highest BCUT2D eigenvalue weighted by Crippen LogP contribution is 2.24. The molecule has 0 bridgehead atoms. The number of carbonyl (C=O) groups is 2. The number of amides is 2. The molecule has 2 aromatic carbocycles. The fourth-order valence-corrected chi connectivity index (χ4v) is 5.12. The highest BCUT2D eigenvalue weighted by Gasteiger charge is 2.22. The number of carbonyl (C=O) groups excluding carboxylic acids is 2. The lowest BCUT2D eigenvalue weighted by Gasteiger charge is -2.33. The SMILES string of the molecule is O=C(NCC1CN(Cc2ccccc2)CCO1)c1ccccc1SCC(=O)N1CCCC1. The van der Waals surface area contributed by atoms with Crippen molar-refractivity contribution >= 4 is 23.6 Å². The summed E-state index contributed by atoms with van der Waals surface area (Å²) in [5.41, 5.74) is 1.90. The van der Waals surface area contributed by atoms with Crippen LogP contribution in [-0.4, -0.2) is 72.8 Å². The predicted octanol–water partition coefficient (Wildman–Crippen LogP) is 3.03. The van der Waals surface area contributed by atoms with E-state index in [1.807, 2.05) is 35.2 Å². The zero-order valence-electron chi connectivity index (χ0n) is 18.4. The molecule has 2 saturated heterocycles. The summed E-state index contributed by atoms with van der Waals surface area (Å²) in [5.74, 6) is 0.395. The Labute approximate surface area is 194 Å². The van der Waals surface area contributed by atoms with Crippen molar-refractivity contribution in [2.24, 2.45) is 0 Å². The molecule has 0 aromatic heterocycles. The van der Waals surface area contributed by atoms with Crippen LogP contribution in [-0.2, 0) is 16.1 Å². The number of nitrogens with zero attached hydrogens (tertiary/aromatic N) is 2.